The van der Waals surface area contributed by atoms with E-state index in [2.05, 4.69) is 22.2 Å². The Labute approximate surface area is 80.1 Å². The van der Waals surface area contributed by atoms with Gasteiger partial charge in [0.1, 0.15) is 0 Å². The first-order valence-corrected chi connectivity index (χ1v) is 5.51. The van der Waals surface area contributed by atoms with E-state index in [9.17, 15) is 0 Å². The molecule has 0 aromatic rings. The second-order valence-electron chi connectivity index (χ2n) is 4.87. The highest BCUT2D eigenvalue weighted by Crippen LogP contribution is 2.31. The van der Waals surface area contributed by atoms with Gasteiger partial charge in [0, 0.05) is 44.3 Å². The molecular weight excluding hydrogens is 162 g/mol. The van der Waals surface area contributed by atoms with Crippen molar-refractivity contribution in [2.75, 3.05) is 33.2 Å². The lowest BCUT2D eigenvalue weighted by Gasteiger charge is -2.48. The Balaban J connectivity index is 1.70. The summed E-state index contributed by atoms with van der Waals surface area (Å²) in [5.41, 5.74) is 0. The molecule has 2 bridgehead atoms. The fourth-order valence-corrected chi connectivity index (χ4v) is 3.26. The average Bonchev–Trinajstić information content (AvgIpc) is 2.33. The van der Waals surface area contributed by atoms with Gasteiger partial charge in [-0.1, -0.05) is 0 Å². The van der Waals surface area contributed by atoms with Gasteiger partial charge in [-0.15, -0.1) is 0 Å². The Hall–Kier alpha value is -0.120. The molecule has 0 saturated carbocycles. The first-order valence-electron chi connectivity index (χ1n) is 5.51. The van der Waals surface area contributed by atoms with Gasteiger partial charge < -0.3 is 10.2 Å². The van der Waals surface area contributed by atoms with Gasteiger partial charge in [-0.2, -0.15) is 0 Å². The molecule has 3 aliphatic heterocycles. The predicted molar refractivity (Wildman–Crippen MR) is 52.8 cm³/mol. The van der Waals surface area contributed by atoms with Crippen LogP contribution in [0, 0.1) is 0 Å². The van der Waals surface area contributed by atoms with Crippen LogP contribution in [-0.4, -0.2) is 61.2 Å². The van der Waals surface area contributed by atoms with Gasteiger partial charge in [0.15, 0.2) is 0 Å². The van der Waals surface area contributed by atoms with Crippen molar-refractivity contribution in [2.24, 2.45) is 0 Å². The van der Waals surface area contributed by atoms with Crippen molar-refractivity contribution < 1.29 is 0 Å². The molecule has 3 rings (SSSR count). The fourth-order valence-electron chi connectivity index (χ4n) is 3.26. The van der Waals surface area contributed by atoms with Gasteiger partial charge in [0.05, 0.1) is 0 Å². The van der Waals surface area contributed by atoms with E-state index in [0.717, 1.165) is 18.1 Å². The molecule has 3 heterocycles. The Kier molecular flexibility index (Phi) is 1.86. The summed E-state index contributed by atoms with van der Waals surface area (Å²) in [5, 5.41) is 3.54. The van der Waals surface area contributed by atoms with Crippen LogP contribution in [0.1, 0.15) is 12.8 Å². The van der Waals surface area contributed by atoms with E-state index in [1.165, 1.54) is 39.0 Å². The smallest absolute Gasteiger partial charge is 0.0357 e. The molecule has 3 aliphatic rings. The molecule has 0 aromatic heterocycles. The molecule has 2 atom stereocenters. The maximum absolute atomic E-state index is 3.54. The quantitative estimate of drug-likeness (QED) is 0.601. The largest absolute Gasteiger partial charge is 0.314 e. The zero-order valence-corrected chi connectivity index (χ0v) is 8.37. The molecule has 3 saturated heterocycles. The Bertz CT molecular complexity index is 184. The molecule has 3 fully saturated rings. The third kappa shape index (κ3) is 1.22. The number of nitrogens with one attached hydrogen (secondary N) is 1. The summed E-state index contributed by atoms with van der Waals surface area (Å²) in [6.45, 7) is 5.06. The van der Waals surface area contributed by atoms with Crippen molar-refractivity contribution in [2.45, 2.75) is 31.0 Å². The molecule has 0 spiro atoms. The van der Waals surface area contributed by atoms with E-state index >= 15 is 0 Å². The highest BCUT2D eigenvalue weighted by atomic mass is 15.4. The molecular formula is C10H19N3. The van der Waals surface area contributed by atoms with Crippen LogP contribution in [0.5, 0.6) is 0 Å². The Morgan fingerprint density at radius 1 is 1.00 bits per heavy atom. The third-order valence-corrected chi connectivity index (χ3v) is 3.90. The monoisotopic (exact) mass is 181 g/mol. The lowest BCUT2D eigenvalue weighted by molar-refractivity contribution is 0.00603. The molecule has 0 amide bonds. The zero-order chi connectivity index (χ0) is 8.84. The van der Waals surface area contributed by atoms with Crippen LogP contribution in [-0.2, 0) is 0 Å². The molecule has 0 aliphatic carbocycles. The van der Waals surface area contributed by atoms with Gasteiger partial charge >= 0.3 is 0 Å². The van der Waals surface area contributed by atoms with Gasteiger partial charge in [-0.25, -0.2) is 0 Å². The van der Waals surface area contributed by atoms with Crippen molar-refractivity contribution in [1.82, 2.24) is 15.1 Å². The van der Waals surface area contributed by atoms with E-state index in [-0.39, 0.29) is 0 Å². The second kappa shape index (κ2) is 2.94. The highest BCUT2D eigenvalue weighted by molar-refractivity contribution is 5.01. The molecule has 3 nitrogen and oxygen atoms in total. The minimum absolute atomic E-state index is 0.859. The van der Waals surface area contributed by atoms with Gasteiger partial charge in [-0.3, -0.25) is 4.90 Å². The third-order valence-electron chi connectivity index (χ3n) is 3.90. The number of piperazine rings is 1. The number of nitrogens with zero attached hydrogens (tertiary/aromatic N) is 2. The SMILES string of the molecule is CN1CC(N2C3CCC2CNC3)C1. The summed E-state index contributed by atoms with van der Waals surface area (Å²) < 4.78 is 0. The van der Waals surface area contributed by atoms with Crippen LogP contribution in [0.15, 0.2) is 0 Å². The van der Waals surface area contributed by atoms with Gasteiger partial charge in [0.25, 0.3) is 0 Å². The van der Waals surface area contributed by atoms with Crippen LogP contribution in [0.25, 0.3) is 0 Å². The maximum Gasteiger partial charge on any atom is 0.0357 e. The van der Waals surface area contributed by atoms with Crippen molar-refractivity contribution >= 4 is 0 Å². The normalized spacial score (nSPS) is 42.2. The van der Waals surface area contributed by atoms with Crippen molar-refractivity contribution in [3.05, 3.63) is 0 Å². The van der Waals surface area contributed by atoms with E-state index in [4.69, 9.17) is 0 Å². The summed E-state index contributed by atoms with van der Waals surface area (Å²) in [6, 6.07) is 2.60. The first-order chi connectivity index (χ1) is 6.34. The summed E-state index contributed by atoms with van der Waals surface area (Å²) >= 11 is 0. The van der Waals surface area contributed by atoms with Crippen molar-refractivity contribution in [3.63, 3.8) is 0 Å². The first kappa shape index (κ1) is 8.21. The van der Waals surface area contributed by atoms with Crippen LogP contribution in [0.3, 0.4) is 0 Å². The predicted octanol–water partition coefficient (Wildman–Crippen LogP) is -0.263. The highest BCUT2D eigenvalue weighted by Gasteiger charge is 2.43. The van der Waals surface area contributed by atoms with Crippen molar-refractivity contribution in [3.8, 4) is 0 Å². The number of hydrogen-bond donors (Lipinski definition) is 1. The lowest BCUT2D eigenvalue weighted by Crippen LogP contribution is -2.65. The van der Waals surface area contributed by atoms with E-state index < -0.39 is 0 Å². The number of likely N-dealkylation sites (tertiary alicyclic amines) is 1. The van der Waals surface area contributed by atoms with Crippen molar-refractivity contribution in [1.29, 1.82) is 0 Å². The molecule has 3 heteroatoms. The minimum atomic E-state index is 0.859. The van der Waals surface area contributed by atoms with E-state index in [0.29, 0.717) is 0 Å². The van der Waals surface area contributed by atoms with Crippen LogP contribution in [0.2, 0.25) is 0 Å². The van der Waals surface area contributed by atoms with Crippen LogP contribution in [0.4, 0.5) is 0 Å². The fraction of sp³-hybridized carbons (Fsp3) is 1.00. The average molecular weight is 181 g/mol. The van der Waals surface area contributed by atoms with E-state index in [1.54, 1.807) is 0 Å². The summed E-state index contributed by atoms with van der Waals surface area (Å²) in [6.07, 6.45) is 2.86. The molecule has 2 unspecified atom stereocenters. The molecule has 1 N–H and O–H groups in total. The molecule has 13 heavy (non-hydrogen) atoms. The van der Waals surface area contributed by atoms with E-state index in [1.807, 2.05) is 0 Å². The zero-order valence-electron chi connectivity index (χ0n) is 8.37. The van der Waals surface area contributed by atoms with Gasteiger partial charge in [0.2, 0.25) is 0 Å². The molecule has 0 aromatic carbocycles. The number of rotatable bonds is 1. The minimum Gasteiger partial charge on any atom is -0.314 e. The standard InChI is InChI=1S/C10H19N3/c1-12-6-10(7-12)13-8-2-3-9(13)5-11-4-8/h8-11H,2-7H2,1H3. The summed E-state index contributed by atoms with van der Waals surface area (Å²) in [7, 11) is 2.22. The Morgan fingerprint density at radius 2 is 1.62 bits per heavy atom. The maximum atomic E-state index is 3.54. The Morgan fingerprint density at radius 3 is 2.15 bits per heavy atom. The second-order valence-corrected chi connectivity index (χ2v) is 4.87. The van der Waals surface area contributed by atoms with Crippen LogP contribution >= 0.6 is 0 Å². The summed E-state index contributed by atoms with van der Waals surface area (Å²) in [5.74, 6) is 0. The molecule has 0 radical (unpaired) electrons. The van der Waals surface area contributed by atoms with Crippen LogP contribution < -0.4 is 5.32 Å². The topological polar surface area (TPSA) is 18.5 Å². The lowest BCUT2D eigenvalue weighted by atomic mass is 10.0. The number of fused-ring (bicyclic) bond motifs is 2. The number of hydrogen-bond acceptors (Lipinski definition) is 3. The summed E-state index contributed by atoms with van der Waals surface area (Å²) in [4.78, 5) is 5.22. The number of likely N-dealkylation sites (N-methyl/N-ethyl adjacent to an activating group) is 1. The molecule has 74 valence electrons. The van der Waals surface area contributed by atoms with Gasteiger partial charge in [-0.05, 0) is 19.9 Å².